The van der Waals surface area contributed by atoms with Crippen molar-refractivity contribution in [1.82, 2.24) is 10.6 Å². The van der Waals surface area contributed by atoms with Crippen molar-refractivity contribution in [3.05, 3.63) is 35.9 Å². The third kappa shape index (κ3) is 9.40. The minimum atomic E-state index is -0.436. The highest BCUT2D eigenvalue weighted by atomic mass is 16.6. The summed E-state index contributed by atoms with van der Waals surface area (Å²) in [7, 11) is 0. The maximum atomic E-state index is 11.5. The van der Waals surface area contributed by atoms with Crippen molar-refractivity contribution in [2.45, 2.75) is 58.6 Å². The summed E-state index contributed by atoms with van der Waals surface area (Å²) in [6, 6.07) is 11.0. The van der Waals surface area contributed by atoms with Gasteiger partial charge in [-0.15, -0.1) is 0 Å². The molecule has 0 bridgehead atoms. The van der Waals surface area contributed by atoms with Crippen LogP contribution in [0.4, 0.5) is 4.79 Å². The van der Waals surface area contributed by atoms with Gasteiger partial charge in [0.2, 0.25) is 0 Å². The van der Waals surface area contributed by atoms with Crippen molar-refractivity contribution < 1.29 is 9.53 Å². The number of aryl methyl sites for hydroxylation is 1. The summed E-state index contributed by atoms with van der Waals surface area (Å²) < 4.78 is 5.18. The van der Waals surface area contributed by atoms with Crippen LogP contribution in [0.5, 0.6) is 0 Å². The molecule has 0 fully saturated rings. The van der Waals surface area contributed by atoms with Crippen LogP contribution < -0.4 is 10.6 Å². The van der Waals surface area contributed by atoms with Crippen LogP contribution in [0.3, 0.4) is 0 Å². The zero-order chi connectivity index (χ0) is 16.4. The smallest absolute Gasteiger partial charge is 0.407 e. The molecule has 0 radical (unpaired) electrons. The van der Waals surface area contributed by atoms with Crippen LogP contribution in [0, 0.1) is 0 Å². The maximum absolute atomic E-state index is 11.5. The Morgan fingerprint density at radius 3 is 2.50 bits per heavy atom. The van der Waals surface area contributed by atoms with Gasteiger partial charge in [0.1, 0.15) is 5.60 Å². The highest BCUT2D eigenvalue weighted by molar-refractivity contribution is 5.67. The number of ether oxygens (including phenoxy) is 1. The van der Waals surface area contributed by atoms with E-state index in [9.17, 15) is 4.79 Å². The Balaban J connectivity index is 2.03. The van der Waals surface area contributed by atoms with Crippen LogP contribution in [-0.4, -0.2) is 30.8 Å². The van der Waals surface area contributed by atoms with Crippen molar-refractivity contribution in [2.24, 2.45) is 0 Å². The molecule has 1 aromatic rings. The normalized spacial score (nSPS) is 12.7. The summed E-state index contributed by atoms with van der Waals surface area (Å²) in [5, 5.41) is 6.25. The first-order valence-corrected chi connectivity index (χ1v) is 8.11. The van der Waals surface area contributed by atoms with Crippen LogP contribution in [0.25, 0.3) is 0 Å². The highest BCUT2D eigenvalue weighted by Crippen LogP contribution is 2.06. The molecule has 1 atom stereocenters. The second kappa shape index (κ2) is 9.46. The van der Waals surface area contributed by atoms with Crippen molar-refractivity contribution >= 4 is 6.09 Å². The van der Waals surface area contributed by atoms with Gasteiger partial charge in [-0.05, 0) is 59.1 Å². The Morgan fingerprint density at radius 2 is 1.86 bits per heavy atom. The van der Waals surface area contributed by atoms with E-state index in [0.717, 1.165) is 25.8 Å². The number of rotatable bonds is 8. The van der Waals surface area contributed by atoms with Gasteiger partial charge in [-0.2, -0.15) is 0 Å². The second-order valence-electron chi connectivity index (χ2n) is 6.66. The summed E-state index contributed by atoms with van der Waals surface area (Å²) in [5.41, 5.74) is 0.941. The zero-order valence-corrected chi connectivity index (χ0v) is 14.3. The predicted octanol–water partition coefficient (Wildman–Crippen LogP) is 3.51. The van der Waals surface area contributed by atoms with Crippen molar-refractivity contribution in [3.8, 4) is 0 Å². The third-order valence-corrected chi connectivity index (χ3v) is 3.22. The molecule has 0 saturated carbocycles. The van der Waals surface area contributed by atoms with Gasteiger partial charge in [0.05, 0.1) is 0 Å². The van der Waals surface area contributed by atoms with E-state index in [2.05, 4.69) is 41.8 Å². The SMILES string of the molecule is CC(CCc1ccccc1)NCCCNC(=O)OC(C)(C)C. The van der Waals surface area contributed by atoms with Crippen molar-refractivity contribution in [1.29, 1.82) is 0 Å². The number of hydrogen-bond acceptors (Lipinski definition) is 3. The van der Waals surface area contributed by atoms with Gasteiger partial charge < -0.3 is 15.4 Å². The molecule has 1 amide bonds. The lowest BCUT2D eigenvalue weighted by Gasteiger charge is -2.19. The molecule has 0 aromatic heterocycles. The molecular formula is C18H30N2O2. The Morgan fingerprint density at radius 1 is 1.18 bits per heavy atom. The molecule has 4 nitrogen and oxygen atoms in total. The Bertz CT molecular complexity index is 426. The Labute approximate surface area is 134 Å². The van der Waals surface area contributed by atoms with E-state index in [4.69, 9.17) is 4.74 Å². The number of nitrogens with one attached hydrogen (secondary N) is 2. The van der Waals surface area contributed by atoms with E-state index in [-0.39, 0.29) is 6.09 Å². The largest absolute Gasteiger partial charge is 0.444 e. The quantitative estimate of drug-likeness (QED) is 0.723. The topological polar surface area (TPSA) is 50.4 Å². The molecule has 0 saturated heterocycles. The van der Waals surface area contributed by atoms with Crippen LogP contribution in [0.1, 0.15) is 46.1 Å². The van der Waals surface area contributed by atoms with Crippen LogP contribution in [0.15, 0.2) is 30.3 Å². The van der Waals surface area contributed by atoms with Gasteiger partial charge in [0.15, 0.2) is 0 Å². The summed E-state index contributed by atoms with van der Waals surface area (Å²) in [5.74, 6) is 0. The molecule has 1 aromatic carbocycles. The first kappa shape index (κ1) is 18.5. The van der Waals surface area contributed by atoms with Crippen molar-refractivity contribution in [3.63, 3.8) is 0 Å². The average Bonchev–Trinajstić information content (AvgIpc) is 2.44. The predicted molar refractivity (Wildman–Crippen MR) is 91.1 cm³/mol. The second-order valence-corrected chi connectivity index (χ2v) is 6.66. The maximum Gasteiger partial charge on any atom is 0.407 e. The zero-order valence-electron chi connectivity index (χ0n) is 14.3. The molecular weight excluding hydrogens is 276 g/mol. The Kier molecular flexibility index (Phi) is 7.96. The molecule has 1 unspecified atom stereocenters. The lowest BCUT2D eigenvalue weighted by molar-refractivity contribution is 0.0527. The van der Waals surface area contributed by atoms with E-state index in [1.807, 2.05) is 26.8 Å². The van der Waals surface area contributed by atoms with Gasteiger partial charge in [0, 0.05) is 12.6 Å². The van der Waals surface area contributed by atoms with E-state index in [0.29, 0.717) is 12.6 Å². The molecule has 22 heavy (non-hydrogen) atoms. The minimum absolute atomic E-state index is 0.343. The average molecular weight is 306 g/mol. The summed E-state index contributed by atoms with van der Waals surface area (Å²) in [6.07, 6.45) is 2.76. The molecule has 0 heterocycles. The van der Waals surface area contributed by atoms with Gasteiger partial charge >= 0.3 is 6.09 Å². The number of benzene rings is 1. The molecule has 0 aliphatic rings. The fourth-order valence-electron chi connectivity index (χ4n) is 2.07. The van der Waals surface area contributed by atoms with Crippen LogP contribution in [-0.2, 0) is 11.2 Å². The number of alkyl carbamates (subject to hydrolysis) is 1. The van der Waals surface area contributed by atoms with E-state index < -0.39 is 5.60 Å². The first-order chi connectivity index (χ1) is 10.4. The number of carbonyl (C=O) groups is 1. The molecule has 0 spiro atoms. The molecule has 1 rings (SSSR count). The molecule has 0 aliphatic carbocycles. The lowest BCUT2D eigenvalue weighted by atomic mass is 10.1. The first-order valence-electron chi connectivity index (χ1n) is 8.11. The highest BCUT2D eigenvalue weighted by Gasteiger charge is 2.15. The Hall–Kier alpha value is -1.55. The molecule has 0 aliphatic heterocycles. The third-order valence-electron chi connectivity index (χ3n) is 3.22. The van der Waals surface area contributed by atoms with Crippen LogP contribution in [0.2, 0.25) is 0 Å². The fourth-order valence-corrected chi connectivity index (χ4v) is 2.07. The number of hydrogen-bond donors (Lipinski definition) is 2. The standard InChI is InChI=1S/C18H30N2O2/c1-15(11-12-16-9-6-5-7-10-16)19-13-8-14-20-17(21)22-18(2,3)4/h5-7,9-10,15,19H,8,11-14H2,1-4H3,(H,20,21). The summed E-state index contributed by atoms with van der Waals surface area (Å²) >= 11 is 0. The van der Waals surface area contributed by atoms with E-state index >= 15 is 0 Å². The number of amides is 1. The van der Waals surface area contributed by atoms with E-state index in [1.54, 1.807) is 0 Å². The lowest BCUT2D eigenvalue weighted by Crippen LogP contribution is -2.35. The fraction of sp³-hybridized carbons (Fsp3) is 0.611. The van der Waals surface area contributed by atoms with Gasteiger partial charge in [-0.3, -0.25) is 0 Å². The monoisotopic (exact) mass is 306 g/mol. The minimum Gasteiger partial charge on any atom is -0.444 e. The molecule has 4 heteroatoms. The summed E-state index contributed by atoms with van der Waals surface area (Å²) in [6.45, 7) is 9.32. The van der Waals surface area contributed by atoms with Gasteiger partial charge in [-0.25, -0.2) is 4.79 Å². The van der Waals surface area contributed by atoms with Crippen LogP contribution >= 0.6 is 0 Å². The molecule has 2 N–H and O–H groups in total. The number of carbonyl (C=O) groups excluding carboxylic acids is 1. The summed E-state index contributed by atoms with van der Waals surface area (Å²) in [4.78, 5) is 11.5. The van der Waals surface area contributed by atoms with Gasteiger partial charge in [0.25, 0.3) is 0 Å². The van der Waals surface area contributed by atoms with Crippen molar-refractivity contribution in [2.75, 3.05) is 13.1 Å². The molecule has 124 valence electrons. The van der Waals surface area contributed by atoms with E-state index in [1.165, 1.54) is 5.56 Å². The van der Waals surface area contributed by atoms with Gasteiger partial charge in [-0.1, -0.05) is 30.3 Å².